The summed E-state index contributed by atoms with van der Waals surface area (Å²) in [4.78, 5) is 11.8. The van der Waals surface area contributed by atoms with Crippen LogP contribution >= 0.6 is 0 Å². The Morgan fingerprint density at radius 2 is 2.22 bits per heavy atom. The van der Waals surface area contributed by atoms with Crippen LogP contribution in [0, 0.1) is 11.7 Å². The average molecular weight is 254 g/mol. The molecule has 0 saturated carbocycles. The Morgan fingerprint density at radius 1 is 1.50 bits per heavy atom. The first kappa shape index (κ1) is 14.4. The van der Waals surface area contributed by atoms with Gasteiger partial charge < -0.3 is 16.2 Å². The first-order valence-corrected chi connectivity index (χ1v) is 6.02. The highest BCUT2D eigenvalue weighted by Gasteiger charge is 2.11. The molecule has 0 aliphatic rings. The first-order valence-electron chi connectivity index (χ1n) is 6.02. The van der Waals surface area contributed by atoms with Crippen molar-refractivity contribution in [3.05, 3.63) is 29.6 Å². The van der Waals surface area contributed by atoms with Crippen LogP contribution in [0.4, 0.5) is 10.1 Å². The number of carbonyl (C=O) groups is 1. The zero-order chi connectivity index (χ0) is 13.5. The minimum atomic E-state index is -0.525. The van der Waals surface area contributed by atoms with Crippen LogP contribution in [0.25, 0.3) is 0 Å². The van der Waals surface area contributed by atoms with Gasteiger partial charge in [-0.3, -0.25) is 4.79 Å². The fraction of sp³-hybridized carbons (Fsp3) is 0.462. The minimum absolute atomic E-state index is 0.0985. The van der Waals surface area contributed by atoms with E-state index in [2.05, 4.69) is 5.32 Å². The molecule has 0 saturated heterocycles. The molecule has 0 heterocycles. The third-order valence-corrected chi connectivity index (χ3v) is 2.85. The predicted molar refractivity (Wildman–Crippen MR) is 68.6 cm³/mol. The van der Waals surface area contributed by atoms with Crippen molar-refractivity contribution in [2.24, 2.45) is 5.92 Å². The summed E-state index contributed by atoms with van der Waals surface area (Å²) in [5, 5.41) is 11.6. The molecular weight excluding hydrogens is 235 g/mol. The number of nitrogens with two attached hydrogens (primary N) is 1. The molecule has 18 heavy (non-hydrogen) atoms. The van der Waals surface area contributed by atoms with E-state index >= 15 is 0 Å². The van der Waals surface area contributed by atoms with E-state index in [0.29, 0.717) is 13.0 Å². The molecule has 0 aromatic heterocycles. The van der Waals surface area contributed by atoms with Crippen molar-refractivity contribution in [1.82, 2.24) is 5.32 Å². The van der Waals surface area contributed by atoms with Crippen molar-refractivity contribution in [3.8, 4) is 0 Å². The van der Waals surface area contributed by atoms with Crippen molar-refractivity contribution in [3.63, 3.8) is 0 Å². The molecule has 1 unspecified atom stereocenters. The molecule has 5 heteroatoms. The Morgan fingerprint density at radius 3 is 2.78 bits per heavy atom. The molecule has 1 amide bonds. The second-order valence-electron chi connectivity index (χ2n) is 4.27. The standard InChI is InChI=1S/C13H19FN2O2/c1-2-9(3-4-17)8-16-13(18)10-5-11(14)7-12(15)6-10/h5-7,9,17H,2-4,8,15H2,1H3,(H,16,18). The highest BCUT2D eigenvalue weighted by molar-refractivity contribution is 5.95. The first-order chi connectivity index (χ1) is 8.56. The van der Waals surface area contributed by atoms with Crippen molar-refractivity contribution in [2.75, 3.05) is 18.9 Å². The number of hydrogen-bond acceptors (Lipinski definition) is 3. The van der Waals surface area contributed by atoms with E-state index < -0.39 is 5.82 Å². The Labute approximate surface area is 106 Å². The molecule has 1 rings (SSSR count). The highest BCUT2D eigenvalue weighted by atomic mass is 19.1. The Hall–Kier alpha value is -1.62. The van der Waals surface area contributed by atoms with Gasteiger partial charge >= 0.3 is 0 Å². The molecule has 1 aromatic rings. The van der Waals surface area contributed by atoms with Crippen molar-refractivity contribution in [2.45, 2.75) is 19.8 Å². The van der Waals surface area contributed by atoms with Crippen molar-refractivity contribution in [1.29, 1.82) is 0 Å². The smallest absolute Gasteiger partial charge is 0.251 e. The quantitative estimate of drug-likeness (QED) is 0.674. The Kier molecular flexibility index (Phi) is 5.58. The number of aliphatic hydroxyl groups excluding tert-OH is 1. The van der Waals surface area contributed by atoms with Crippen LogP contribution in [0.3, 0.4) is 0 Å². The second kappa shape index (κ2) is 6.96. The van der Waals surface area contributed by atoms with Gasteiger partial charge in [0.1, 0.15) is 5.82 Å². The van der Waals surface area contributed by atoms with Gasteiger partial charge in [0.15, 0.2) is 0 Å². The van der Waals surface area contributed by atoms with E-state index in [1.807, 2.05) is 6.92 Å². The third-order valence-electron chi connectivity index (χ3n) is 2.85. The molecule has 0 spiro atoms. The van der Waals surface area contributed by atoms with Crippen molar-refractivity contribution < 1.29 is 14.3 Å². The van der Waals surface area contributed by atoms with Gasteiger partial charge in [0.05, 0.1) is 0 Å². The number of rotatable bonds is 6. The van der Waals surface area contributed by atoms with Gasteiger partial charge in [-0.15, -0.1) is 0 Å². The van der Waals surface area contributed by atoms with Crippen LogP contribution in [-0.2, 0) is 0 Å². The summed E-state index contributed by atoms with van der Waals surface area (Å²) in [7, 11) is 0. The van der Waals surface area contributed by atoms with Crippen LogP contribution in [0.1, 0.15) is 30.1 Å². The van der Waals surface area contributed by atoms with E-state index in [1.54, 1.807) is 0 Å². The second-order valence-corrected chi connectivity index (χ2v) is 4.27. The summed E-state index contributed by atoms with van der Waals surface area (Å²) < 4.78 is 13.1. The fourth-order valence-electron chi connectivity index (χ4n) is 1.72. The summed E-state index contributed by atoms with van der Waals surface area (Å²) in [6.07, 6.45) is 1.51. The largest absolute Gasteiger partial charge is 0.399 e. The summed E-state index contributed by atoms with van der Waals surface area (Å²) >= 11 is 0. The lowest BCUT2D eigenvalue weighted by atomic mass is 10.0. The maximum absolute atomic E-state index is 13.1. The Balaban J connectivity index is 2.59. The van der Waals surface area contributed by atoms with Gasteiger partial charge in [-0.05, 0) is 30.5 Å². The van der Waals surface area contributed by atoms with Gasteiger partial charge in [0, 0.05) is 24.4 Å². The molecule has 0 aliphatic carbocycles. The fourth-order valence-corrected chi connectivity index (χ4v) is 1.72. The zero-order valence-corrected chi connectivity index (χ0v) is 10.4. The topological polar surface area (TPSA) is 75.3 Å². The van der Waals surface area contributed by atoms with Crippen LogP contribution in [0.5, 0.6) is 0 Å². The molecule has 0 fully saturated rings. The number of hydrogen-bond donors (Lipinski definition) is 3. The van der Waals surface area contributed by atoms with Crippen molar-refractivity contribution >= 4 is 11.6 Å². The van der Waals surface area contributed by atoms with Gasteiger partial charge in [-0.1, -0.05) is 13.3 Å². The zero-order valence-electron chi connectivity index (χ0n) is 10.4. The maximum atomic E-state index is 13.1. The number of amides is 1. The normalized spacial score (nSPS) is 12.2. The number of halogens is 1. The van der Waals surface area contributed by atoms with Gasteiger partial charge in [0.2, 0.25) is 0 Å². The van der Waals surface area contributed by atoms with Gasteiger partial charge in [-0.2, -0.15) is 0 Å². The van der Waals surface area contributed by atoms with E-state index in [1.165, 1.54) is 6.07 Å². The van der Waals surface area contributed by atoms with E-state index in [-0.39, 0.29) is 29.7 Å². The molecule has 100 valence electrons. The average Bonchev–Trinajstić information content (AvgIpc) is 2.32. The third kappa shape index (κ3) is 4.33. The summed E-state index contributed by atoms with van der Waals surface area (Å²) in [6, 6.07) is 3.75. The van der Waals surface area contributed by atoms with Gasteiger partial charge in [0.25, 0.3) is 5.91 Å². The SMILES string of the molecule is CCC(CCO)CNC(=O)c1cc(N)cc(F)c1. The van der Waals surface area contributed by atoms with Crippen LogP contribution in [-0.4, -0.2) is 24.2 Å². The lowest BCUT2D eigenvalue weighted by Crippen LogP contribution is -2.29. The molecule has 0 bridgehead atoms. The van der Waals surface area contributed by atoms with Gasteiger partial charge in [-0.25, -0.2) is 4.39 Å². The minimum Gasteiger partial charge on any atom is -0.399 e. The molecule has 0 radical (unpaired) electrons. The monoisotopic (exact) mass is 254 g/mol. The summed E-state index contributed by atoms with van der Waals surface area (Å²) in [5.74, 6) is -0.648. The molecular formula is C13H19FN2O2. The highest BCUT2D eigenvalue weighted by Crippen LogP contribution is 2.11. The summed E-state index contributed by atoms with van der Waals surface area (Å²) in [6.45, 7) is 2.56. The van der Waals surface area contributed by atoms with E-state index in [0.717, 1.165) is 18.6 Å². The lowest BCUT2D eigenvalue weighted by molar-refractivity contribution is 0.0943. The number of benzene rings is 1. The molecule has 0 aliphatic heterocycles. The lowest BCUT2D eigenvalue weighted by Gasteiger charge is -2.14. The summed E-state index contributed by atoms with van der Waals surface area (Å²) in [5.41, 5.74) is 5.91. The predicted octanol–water partition coefficient (Wildman–Crippen LogP) is 1.55. The Bertz CT molecular complexity index is 390. The van der Waals surface area contributed by atoms with Crippen LogP contribution in [0.15, 0.2) is 18.2 Å². The number of carbonyl (C=O) groups excluding carboxylic acids is 1. The van der Waals surface area contributed by atoms with Crippen LogP contribution < -0.4 is 11.1 Å². The molecule has 4 nitrogen and oxygen atoms in total. The number of anilines is 1. The number of nitrogen functional groups attached to an aromatic ring is 1. The maximum Gasteiger partial charge on any atom is 0.251 e. The van der Waals surface area contributed by atoms with E-state index in [9.17, 15) is 9.18 Å². The van der Waals surface area contributed by atoms with Crippen LogP contribution in [0.2, 0.25) is 0 Å². The van der Waals surface area contributed by atoms with E-state index in [4.69, 9.17) is 10.8 Å². The molecule has 4 N–H and O–H groups in total. The molecule has 1 atom stereocenters. The molecule has 1 aromatic carbocycles. The number of aliphatic hydroxyl groups is 1. The number of nitrogens with one attached hydrogen (secondary N) is 1.